The van der Waals surface area contributed by atoms with Gasteiger partial charge in [-0.2, -0.15) is 0 Å². The Morgan fingerprint density at radius 2 is 1.78 bits per heavy atom. The number of carbonyl (C=O) groups is 2. The summed E-state index contributed by atoms with van der Waals surface area (Å²) >= 11 is 0. The molecular weight excluding hydrogens is 461 g/mol. The van der Waals surface area contributed by atoms with Crippen LogP contribution in [-0.2, 0) is 22.6 Å². The Labute approximate surface area is 211 Å². The van der Waals surface area contributed by atoms with Crippen LogP contribution in [0.4, 0.5) is 14.9 Å². The first-order valence-corrected chi connectivity index (χ1v) is 12.1. The number of nitrogens with one attached hydrogen (secondary N) is 1. The number of anilines is 1. The van der Waals surface area contributed by atoms with Crippen molar-refractivity contribution < 1.29 is 23.1 Å². The minimum absolute atomic E-state index is 0.120. The number of amides is 3. The summed E-state index contributed by atoms with van der Waals surface area (Å²) in [6, 6.07) is 14.9. The lowest BCUT2D eigenvalue weighted by molar-refractivity contribution is -0.133. The molecule has 1 N–H and O–H groups in total. The predicted molar refractivity (Wildman–Crippen MR) is 137 cm³/mol. The van der Waals surface area contributed by atoms with Crippen molar-refractivity contribution in [2.24, 2.45) is 0 Å². The third-order valence-corrected chi connectivity index (χ3v) is 5.86. The van der Waals surface area contributed by atoms with E-state index in [0.717, 1.165) is 16.7 Å². The van der Waals surface area contributed by atoms with Crippen LogP contribution in [0.15, 0.2) is 65.3 Å². The van der Waals surface area contributed by atoms with Gasteiger partial charge in [-0.1, -0.05) is 18.2 Å². The molecule has 0 aliphatic rings. The van der Waals surface area contributed by atoms with Gasteiger partial charge in [0.15, 0.2) is 0 Å². The van der Waals surface area contributed by atoms with Crippen molar-refractivity contribution >= 4 is 17.6 Å². The van der Waals surface area contributed by atoms with Crippen LogP contribution in [0, 0.1) is 19.7 Å². The normalized spacial score (nSPS) is 10.8. The fourth-order valence-electron chi connectivity index (χ4n) is 3.67. The van der Waals surface area contributed by atoms with Crippen LogP contribution in [0.25, 0.3) is 0 Å². The van der Waals surface area contributed by atoms with Gasteiger partial charge in [-0.3, -0.25) is 4.79 Å². The predicted octanol–water partition coefficient (Wildman–Crippen LogP) is 5.53. The second kappa shape index (κ2) is 13.4. The molecule has 3 aromatic rings. The molecule has 36 heavy (non-hydrogen) atoms. The van der Waals surface area contributed by atoms with Gasteiger partial charge in [0.05, 0.1) is 12.8 Å². The zero-order valence-corrected chi connectivity index (χ0v) is 21.1. The van der Waals surface area contributed by atoms with Gasteiger partial charge in [0.1, 0.15) is 18.1 Å². The van der Waals surface area contributed by atoms with Crippen molar-refractivity contribution in [2.75, 3.05) is 31.6 Å². The molecule has 0 saturated heterocycles. The van der Waals surface area contributed by atoms with Gasteiger partial charge >= 0.3 is 6.03 Å². The van der Waals surface area contributed by atoms with Crippen molar-refractivity contribution in [3.63, 3.8) is 0 Å². The van der Waals surface area contributed by atoms with E-state index < -0.39 is 0 Å². The summed E-state index contributed by atoms with van der Waals surface area (Å²) in [5, 5.41) is 2.91. The Hall–Kier alpha value is -3.65. The van der Waals surface area contributed by atoms with Crippen LogP contribution >= 0.6 is 0 Å². The molecule has 3 rings (SSSR count). The Bertz CT molecular complexity index is 1120. The van der Waals surface area contributed by atoms with Gasteiger partial charge in [-0.05, 0) is 80.3 Å². The minimum atomic E-state index is -0.358. The van der Waals surface area contributed by atoms with E-state index in [2.05, 4.69) is 5.32 Å². The topological polar surface area (TPSA) is 75.0 Å². The molecule has 2 aromatic carbocycles. The van der Waals surface area contributed by atoms with Crippen LogP contribution in [0.5, 0.6) is 0 Å². The van der Waals surface area contributed by atoms with Gasteiger partial charge in [0, 0.05) is 32.0 Å². The summed E-state index contributed by atoms with van der Waals surface area (Å²) in [6.07, 6.45) is 2.14. The van der Waals surface area contributed by atoms with E-state index in [-0.39, 0.29) is 37.4 Å². The summed E-state index contributed by atoms with van der Waals surface area (Å²) < 4.78 is 24.3. The van der Waals surface area contributed by atoms with Crippen LogP contribution in [0.3, 0.4) is 0 Å². The molecule has 1 heterocycles. The number of urea groups is 1. The Balaban J connectivity index is 1.75. The maximum absolute atomic E-state index is 13.5. The van der Waals surface area contributed by atoms with Gasteiger partial charge in [0.25, 0.3) is 0 Å². The fourth-order valence-corrected chi connectivity index (χ4v) is 3.67. The van der Waals surface area contributed by atoms with Crippen molar-refractivity contribution in [1.82, 2.24) is 9.80 Å². The van der Waals surface area contributed by atoms with Crippen molar-refractivity contribution in [2.45, 2.75) is 40.3 Å². The molecule has 0 unspecified atom stereocenters. The van der Waals surface area contributed by atoms with Crippen LogP contribution in [0.1, 0.15) is 35.8 Å². The highest BCUT2D eigenvalue weighted by Gasteiger charge is 2.23. The van der Waals surface area contributed by atoms with Gasteiger partial charge in [-0.25, -0.2) is 9.18 Å². The number of aryl methyl sites for hydroxylation is 2. The standard InChI is InChI=1S/C28H34FN3O4/c1-4-35-15-6-14-31(28(34)30-25-13-8-21(2)22(3)17-25)20-27(33)32(19-26-7-5-16-36-26)18-23-9-11-24(29)12-10-23/h5,7-13,16-17H,4,6,14-15,18-20H2,1-3H3,(H,30,34). The highest BCUT2D eigenvalue weighted by Crippen LogP contribution is 2.16. The van der Waals surface area contributed by atoms with Crippen LogP contribution in [0.2, 0.25) is 0 Å². The summed E-state index contributed by atoms with van der Waals surface area (Å²) in [4.78, 5) is 29.7. The van der Waals surface area contributed by atoms with Gasteiger partial charge in [0.2, 0.25) is 5.91 Å². The molecule has 0 aliphatic heterocycles. The van der Waals surface area contributed by atoms with Crippen LogP contribution < -0.4 is 5.32 Å². The quantitative estimate of drug-likeness (QED) is 0.336. The number of hydrogen-bond acceptors (Lipinski definition) is 4. The number of hydrogen-bond donors (Lipinski definition) is 1. The van der Waals surface area contributed by atoms with Gasteiger partial charge < -0.3 is 24.3 Å². The number of halogens is 1. The van der Waals surface area contributed by atoms with E-state index >= 15 is 0 Å². The maximum Gasteiger partial charge on any atom is 0.322 e. The molecule has 0 bridgehead atoms. The zero-order chi connectivity index (χ0) is 25.9. The minimum Gasteiger partial charge on any atom is -0.467 e. The molecule has 0 aliphatic carbocycles. The molecule has 1 aromatic heterocycles. The number of benzene rings is 2. The van der Waals surface area contributed by atoms with Gasteiger partial charge in [-0.15, -0.1) is 0 Å². The molecule has 0 fully saturated rings. The SMILES string of the molecule is CCOCCCN(CC(=O)N(Cc1ccc(F)cc1)Cc1ccco1)C(=O)Nc1ccc(C)c(C)c1. The number of furan rings is 1. The molecular formula is C28H34FN3O4. The average Bonchev–Trinajstić information content (AvgIpc) is 3.37. The van der Waals surface area contributed by atoms with E-state index in [0.29, 0.717) is 37.6 Å². The molecule has 8 heteroatoms. The van der Waals surface area contributed by atoms with E-state index in [4.69, 9.17) is 9.15 Å². The lowest BCUT2D eigenvalue weighted by Crippen LogP contribution is -2.44. The van der Waals surface area contributed by atoms with E-state index in [1.807, 2.05) is 39.0 Å². The molecule has 192 valence electrons. The highest BCUT2D eigenvalue weighted by molar-refractivity contribution is 5.92. The summed E-state index contributed by atoms with van der Waals surface area (Å²) in [5.41, 5.74) is 3.64. The zero-order valence-electron chi connectivity index (χ0n) is 21.1. The summed E-state index contributed by atoms with van der Waals surface area (Å²) in [6.45, 7) is 7.70. The van der Waals surface area contributed by atoms with Crippen molar-refractivity contribution in [1.29, 1.82) is 0 Å². The fraction of sp³-hybridized carbons (Fsp3) is 0.357. The lowest BCUT2D eigenvalue weighted by atomic mass is 10.1. The maximum atomic E-state index is 13.5. The smallest absolute Gasteiger partial charge is 0.322 e. The van der Waals surface area contributed by atoms with Crippen LogP contribution in [-0.4, -0.2) is 48.0 Å². The Morgan fingerprint density at radius 1 is 1.00 bits per heavy atom. The first kappa shape index (κ1) is 26.9. The molecule has 7 nitrogen and oxygen atoms in total. The molecule has 3 amide bonds. The van der Waals surface area contributed by atoms with E-state index in [9.17, 15) is 14.0 Å². The van der Waals surface area contributed by atoms with Crippen molar-refractivity contribution in [3.05, 3.63) is 89.1 Å². The molecule has 0 spiro atoms. The molecule has 0 radical (unpaired) electrons. The first-order chi connectivity index (χ1) is 17.4. The Kier molecular flexibility index (Phi) is 10.1. The van der Waals surface area contributed by atoms with E-state index in [1.165, 1.54) is 17.0 Å². The molecule has 0 atom stereocenters. The second-order valence-electron chi connectivity index (χ2n) is 8.66. The first-order valence-electron chi connectivity index (χ1n) is 12.1. The molecule has 0 saturated carbocycles. The number of rotatable bonds is 12. The number of nitrogens with zero attached hydrogens (tertiary/aromatic N) is 2. The number of carbonyl (C=O) groups excluding carboxylic acids is 2. The van der Waals surface area contributed by atoms with E-state index in [1.54, 1.807) is 35.4 Å². The van der Waals surface area contributed by atoms with Crippen molar-refractivity contribution in [3.8, 4) is 0 Å². The third-order valence-electron chi connectivity index (χ3n) is 5.86. The monoisotopic (exact) mass is 495 g/mol. The highest BCUT2D eigenvalue weighted by atomic mass is 19.1. The average molecular weight is 496 g/mol. The lowest BCUT2D eigenvalue weighted by Gasteiger charge is -2.27. The Morgan fingerprint density at radius 3 is 2.44 bits per heavy atom. The summed E-state index contributed by atoms with van der Waals surface area (Å²) in [5.74, 6) is 0.0291. The number of ether oxygens (including phenoxy) is 1. The second-order valence-corrected chi connectivity index (χ2v) is 8.66. The largest absolute Gasteiger partial charge is 0.467 e. The third kappa shape index (κ3) is 8.23. The summed E-state index contributed by atoms with van der Waals surface area (Å²) in [7, 11) is 0.